The number of aliphatic carboxylic acids is 1. The molecule has 1 saturated carbocycles. The van der Waals surface area contributed by atoms with Crippen LogP contribution in [0.3, 0.4) is 0 Å². The normalized spacial score (nSPS) is 16.4. The quantitative estimate of drug-likeness (QED) is 0.356. The molecule has 2 aliphatic rings. The fourth-order valence-corrected chi connectivity index (χ4v) is 5.29. The van der Waals surface area contributed by atoms with Crippen LogP contribution in [0.1, 0.15) is 53.9 Å². The predicted octanol–water partition coefficient (Wildman–Crippen LogP) is 5.00. The second-order valence-electron chi connectivity index (χ2n) is 10.3. The zero-order valence-corrected chi connectivity index (χ0v) is 22.1. The number of piperidine rings is 1. The molecule has 1 amide bonds. The molecule has 9 heteroatoms. The maximum Gasteiger partial charge on any atom is 0.303 e. The summed E-state index contributed by atoms with van der Waals surface area (Å²) in [7, 11) is 1.62. The Kier molecular flexibility index (Phi) is 8.24. The van der Waals surface area contributed by atoms with Gasteiger partial charge in [0.15, 0.2) is 0 Å². The first kappa shape index (κ1) is 26.5. The number of carboxylic acid groups (broad SMARTS) is 1. The molecule has 3 aromatic rings. The maximum absolute atomic E-state index is 13.1. The predicted molar refractivity (Wildman–Crippen MR) is 148 cm³/mol. The topological polar surface area (TPSA) is 114 Å². The number of amides is 1. The molecule has 1 unspecified atom stereocenters. The molecule has 1 aromatic heterocycles. The number of hydrogen-bond acceptors (Lipinski definition) is 7. The van der Waals surface area contributed by atoms with Crippen LogP contribution in [-0.4, -0.2) is 53.8 Å². The Morgan fingerprint density at radius 1 is 1.05 bits per heavy atom. The molecule has 1 atom stereocenters. The van der Waals surface area contributed by atoms with E-state index in [0.717, 1.165) is 55.8 Å². The molecule has 1 aliphatic heterocycles. The smallest absolute Gasteiger partial charge is 0.303 e. The van der Waals surface area contributed by atoms with Crippen LogP contribution in [0.2, 0.25) is 0 Å². The minimum Gasteiger partial charge on any atom is -0.497 e. The van der Waals surface area contributed by atoms with Gasteiger partial charge in [0.1, 0.15) is 17.8 Å². The summed E-state index contributed by atoms with van der Waals surface area (Å²) in [6.07, 6.45) is 8.75. The van der Waals surface area contributed by atoms with Crippen LogP contribution in [0.15, 0.2) is 61.2 Å². The Morgan fingerprint density at radius 3 is 2.51 bits per heavy atom. The highest BCUT2D eigenvalue weighted by Gasteiger charge is 2.34. The van der Waals surface area contributed by atoms with Crippen molar-refractivity contribution in [3.63, 3.8) is 0 Å². The minimum atomic E-state index is -0.754. The number of methoxy groups -OCH3 is 1. The number of rotatable bonds is 11. The summed E-state index contributed by atoms with van der Waals surface area (Å²) in [6.45, 7) is 2.18. The summed E-state index contributed by atoms with van der Waals surface area (Å²) in [5, 5.41) is 12.2. The lowest BCUT2D eigenvalue weighted by Gasteiger charge is -2.34. The summed E-state index contributed by atoms with van der Waals surface area (Å²) < 4.78 is 11.6. The molecule has 2 heterocycles. The number of carbonyl (C=O) groups is 2. The van der Waals surface area contributed by atoms with Crippen molar-refractivity contribution in [2.24, 2.45) is 11.8 Å². The Bertz CT molecular complexity index is 1290. The van der Waals surface area contributed by atoms with Crippen LogP contribution < -0.4 is 19.7 Å². The van der Waals surface area contributed by atoms with Gasteiger partial charge in [-0.3, -0.25) is 9.59 Å². The lowest BCUT2D eigenvalue weighted by molar-refractivity contribution is -0.137. The highest BCUT2D eigenvalue weighted by Crippen LogP contribution is 2.45. The molecule has 39 heavy (non-hydrogen) atoms. The van der Waals surface area contributed by atoms with Gasteiger partial charge in [-0.2, -0.15) is 0 Å². The number of nitrogens with zero attached hydrogens (tertiary/aromatic N) is 3. The van der Waals surface area contributed by atoms with E-state index in [1.54, 1.807) is 31.6 Å². The molecule has 5 rings (SSSR count). The number of hydrogen-bond donors (Lipinski definition) is 2. The number of carboxylic acids is 1. The Hall–Kier alpha value is -4.14. The first-order chi connectivity index (χ1) is 19.0. The number of anilines is 2. The van der Waals surface area contributed by atoms with Crippen molar-refractivity contribution < 1.29 is 24.2 Å². The average molecular weight is 531 g/mol. The van der Waals surface area contributed by atoms with Crippen LogP contribution in [0.5, 0.6) is 11.5 Å². The molecule has 2 N–H and O–H groups in total. The van der Waals surface area contributed by atoms with Crippen LogP contribution >= 0.6 is 0 Å². The van der Waals surface area contributed by atoms with Crippen LogP contribution in [0.25, 0.3) is 0 Å². The molecular weight excluding hydrogens is 496 g/mol. The SMILES string of the molecule is COc1ccc(C(=O)Nc2cncnc2)c(N2CCC(COc3cccc(C(CC(=O)O)C4CC4)c3)CC2)c1. The number of carbonyl (C=O) groups excluding carboxylic acids is 1. The van der Waals surface area contributed by atoms with Crippen molar-refractivity contribution in [2.45, 2.75) is 38.0 Å². The lowest BCUT2D eigenvalue weighted by Crippen LogP contribution is -2.36. The van der Waals surface area contributed by atoms with Gasteiger partial charge in [-0.05, 0) is 73.3 Å². The van der Waals surface area contributed by atoms with Gasteiger partial charge in [-0.25, -0.2) is 9.97 Å². The summed E-state index contributed by atoms with van der Waals surface area (Å²) in [5.41, 5.74) is 2.99. The third-order valence-corrected chi connectivity index (χ3v) is 7.58. The third kappa shape index (κ3) is 6.85. The van der Waals surface area contributed by atoms with E-state index in [1.165, 1.54) is 6.33 Å². The van der Waals surface area contributed by atoms with Gasteiger partial charge in [0.2, 0.25) is 0 Å². The van der Waals surface area contributed by atoms with Crippen molar-refractivity contribution in [2.75, 3.05) is 37.0 Å². The Labute approximate surface area is 228 Å². The van der Waals surface area contributed by atoms with E-state index >= 15 is 0 Å². The highest BCUT2D eigenvalue weighted by atomic mass is 16.5. The number of nitrogens with one attached hydrogen (secondary N) is 1. The summed E-state index contributed by atoms with van der Waals surface area (Å²) in [4.78, 5) is 34.6. The van der Waals surface area contributed by atoms with Gasteiger partial charge in [0.05, 0.1) is 49.5 Å². The first-order valence-corrected chi connectivity index (χ1v) is 13.4. The number of benzene rings is 2. The molecule has 2 fully saturated rings. The third-order valence-electron chi connectivity index (χ3n) is 7.58. The lowest BCUT2D eigenvalue weighted by atomic mass is 9.91. The Morgan fingerprint density at radius 2 is 1.82 bits per heavy atom. The average Bonchev–Trinajstić information content (AvgIpc) is 3.81. The zero-order chi connectivity index (χ0) is 27.2. The van der Waals surface area contributed by atoms with Crippen molar-refractivity contribution in [3.05, 3.63) is 72.3 Å². The van der Waals surface area contributed by atoms with Gasteiger partial charge < -0.3 is 24.8 Å². The second-order valence-corrected chi connectivity index (χ2v) is 10.3. The van der Waals surface area contributed by atoms with Gasteiger partial charge >= 0.3 is 5.97 Å². The standard InChI is InChI=1S/C30H34N4O5/c1-38-24-7-8-26(30(37)33-23-16-31-19-32-17-23)28(14-24)34-11-9-20(10-12-34)18-39-25-4-2-3-22(13-25)27(15-29(35)36)21-5-6-21/h2-4,7-8,13-14,16-17,19-21,27H,5-6,9-12,15,18H2,1H3,(H,33,37)(H,35,36). The fraction of sp³-hybridized carbons (Fsp3) is 0.400. The molecule has 1 aliphatic carbocycles. The largest absolute Gasteiger partial charge is 0.497 e. The van der Waals surface area contributed by atoms with Gasteiger partial charge in [0, 0.05) is 19.2 Å². The van der Waals surface area contributed by atoms with E-state index in [-0.39, 0.29) is 18.2 Å². The van der Waals surface area contributed by atoms with Crippen molar-refractivity contribution in [3.8, 4) is 11.5 Å². The number of ether oxygens (including phenoxy) is 2. The molecule has 9 nitrogen and oxygen atoms in total. The summed E-state index contributed by atoms with van der Waals surface area (Å²) in [6, 6.07) is 13.4. The van der Waals surface area contributed by atoms with E-state index in [9.17, 15) is 14.7 Å². The highest BCUT2D eigenvalue weighted by molar-refractivity contribution is 6.08. The second kappa shape index (κ2) is 12.1. The zero-order valence-electron chi connectivity index (χ0n) is 22.1. The molecular formula is C30H34N4O5. The Balaban J connectivity index is 1.20. The fourth-order valence-electron chi connectivity index (χ4n) is 5.29. The van der Waals surface area contributed by atoms with E-state index in [4.69, 9.17) is 9.47 Å². The van der Waals surface area contributed by atoms with Crippen LogP contribution in [0.4, 0.5) is 11.4 Å². The van der Waals surface area contributed by atoms with Crippen molar-refractivity contribution >= 4 is 23.3 Å². The summed E-state index contributed by atoms with van der Waals surface area (Å²) >= 11 is 0. The van der Waals surface area contributed by atoms with Gasteiger partial charge in [-0.1, -0.05) is 12.1 Å². The van der Waals surface area contributed by atoms with Crippen LogP contribution in [0, 0.1) is 11.8 Å². The van der Waals surface area contributed by atoms with E-state index in [0.29, 0.717) is 35.4 Å². The molecule has 0 bridgehead atoms. The monoisotopic (exact) mass is 530 g/mol. The van der Waals surface area contributed by atoms with E-state index in [2.05, 4.69) is 20.2 Å². The molecule has 204 valence electrons. The van der Waals surface area contributed by atoms with Crippen LogP contribution in [-0.2, 0) is 4.79 Å². The summed E-state index contributed by atoms with van der Waals surface area (Å²) in [5.74, 6) is 1.41. The van der Waals surface area contributed by atoms with Crippen molar-refractivity contribution in [1.29, 1.82) is 0 Å². The molecule has 2 aromatic carbocycles. The van der Waals surface area contributed by atoms with E-state index < -0.39 is 5.97 Å². The minimum absolute atomic E-state index is 0.0537. The number of aromatic nitrogens is 2. The van der Waals surface area contributed by atoms with Gasteiger partial charge in [0.25, 0.3) is 5.91 Å². The van der Waals surface area contributed by atoms with Crippen molar-refractivity contribution in [1.82, 2.24) is 9.97 Å². The molecule has 0 radical (unpaired) electrons. The van der Waals surface area contributed by atoms with E-state index in [1.807, 2.05) is 30.3 Å². The maximum atomic E-state index is 13.1. The molecule has 0 spiro atoms. The molecule has 1 saturated heterocycles. The first-order valence-electron chi connectivity index (χ1n) is 13.4. The van der Waals surface area contributed by atoms with Gasteiger partial charge in [-0.15, -0.1) is 0 Å².